The van der Waals surface area contributed by atoms with Gasteiger partial charge in [0.2, 0.25) is 0 Å². The highest BCUT2D eigenvalue weighted by Gasteiger charge is 2.34. The largest absolute Gasteiger partial charge is 0.493 e. The molecule has 6 rings (SSSR count). The average Bonchev–Trinajstić information content (AvgIpc) is 3.46. The summed E-state index contributed by atoms with van der Waals surface area (Å²) in [6, 6.07) is 15.4. The number of H-pyrrole nitrogens is 1. The zero-order chi connectivity index (χ0) is 30.1. The number of likely N-dealkylation sites (N-methyl/N-ethyl adjacent to an activating group) is 1. The number of hydrogen-bond acceptors (Lipinski definition) is 4. The van der Waals surface area contributed by atoms with E-state index in [0.29, 0.717) is 23.2 Å². The molecule has 3 atom stereocenters. The van der Waals surface area contributed by atoms with Crippen molar-refractivity contribution in [2.75, 3.05) is 27.2 Å². The lowest BCUT2D eigenvalue weighted by atomic mass is 9.69. The number of aromatic nitrogens is 2. The predicted molar refractivity (Wildman–Crippen MR) is 178 cm³/mol. The summed E-state index contributed by atoms with van der Waals surface area (Å²) in [6.45, 7) is 11.3. The minimum Gasteiger partial charge on any atom is -0.493 e. The van der Waals surface area contributed by atoms with Crippen LogP contribution in [-0.2, 0) is 6.42 Å². The first-order chi connectivity index (χ1) is 20.6. The minimum atomic E-state index is 0.326. The molecule has 3 aromatic rings. The quantitative estimate of drug-likeness (QED) is 0.319. The maximum absolute atomic E-state index is 6.43. The smallest absolute Gasteiger partial charge is 0.137 e. The van der Waals surface area contributed by atoms with E-state index in [2.05, 4.69) is 105 Å². The van der Waals surface area contributed by atoms with Crippen LogP contribution in [0.1, 0.15) is 65.4 Å². The molecule has 0 saturated carbocycles. The van der Waals surface area contributed by atoms with Gasteiger partial charge < -0.3 is 14.6 Å². The Morgan fingerprint density at radius 1 is 1.02 bits per heavy atom. The van der Waals surface area contributed by atoms with E-state index < -0.39 is 0 Å². The molecule has 43 heavy (non-hydrogen) atoms. The molecule has 3 unspecified atom stereocenters. The molecule has 1 aromatic heterocycles. The van der Waals surface area contributed by atoms with Gasteiger partial charge in [-0.1, -0.05) is 69.7 Å². The fourth-order valence-electron chi connectivity index (χ4n) is 7.32. The van der Waals surface area contributed by atoms with E-state index in [4.69, 9.17) is 9.73 Å². The van der Waals surface area contributed by atoms with Crippen LogP contribution in [0.15, 0.2) is 82.8 Å². The molecule has 5 nitrogen and oxygen atoms in total. The number of rotatable bonds is 6. The lowest BCUT2D eigenvalue weighted by Crippen LogP contribution is -2.28. The van der Waals surface area contributed by atoms with Crippen LogP contribution in [0.2, 0.25) is 0 Å². The van der Waals surface area contributed by atoms with Gasteiger partial charge in [0.1, 0.15) is 11.6 Å². The molecule has 2 aromatic carbocycles. The Kier molecular flexibility index (Phi) is 8.46. The standard InChI is InChI=1S/C38H48N4O/c1-25-19-31-21-30(27-7-9-28(10-8-27)37-39-16-17-40-37)11-12-36(31)43-18-14-29(25)22-35-34-23-38(3,4)15-13-33(34)26(2)20-32(41-35)24-42(5)6/h7-12,16-17,20-21,25-26,29H,13-15,18-19,22-24H2,1-6H3,(H,39,40). The fraction of sp³-hybridized carbons (Fsp3) is 0.474. The summed E-state index contributed by atoms with van der Waals surface area (Å²) in [5.74, 6) is 3.45. The van der Waals surface area contributed by atoms with Gasteiger partial charge in [-0.05, 0) is 110 Å². The molecule has 1 N–H and O–H groups in total. The molecule has 1 aliphatic carbocycles. The number of aromatic amines is 1. The van der Waals surface area contributed by atoms with Crippen molar-refractivity contribution in [3.63, 3.8) is 0 Å². The minimum absolute atomic E-state index is 0.326. The van der Waals surface area contributed by atoms with Crippen LogP contribution in [0, 0.1) is 23.2 Å². The number of ether oxygens (including phenoxy) is 1. The van der Waals surface area contributed by atoms with Gasteiger partial charge >= 0.3 is 0 Å². The van der Waals surface area contributed by atoms with Gasteiger partial charge in [-0.15, -0.1) is 0 Å². The molecule has 0 radical (unpaired) electrons. The van der Waals surface area contributed by atoms with Gasteiger partial charge in [0.25, 0.3) is 0 Å². The van der Waals surface area contributed by atoms with Crippen molar-refractivity contribution in [3.8, 4) is 28.3 Å². The van der Waals surface area contributed by atoms with E-state index in [0.717, 1.165) is 56.0 Å². The number of imidazole rings is 1. The maximum Gasteiger partial charge on any atom is 0.137 e. The zero-order valence-electron chi connectivity index (χ0n) is 26.9. The second-order valence-electron chi connectivity index (χ2n) is 14.2. The monoisotopic (exact) mass is 576 g/mol. The van der Waals surface area contributed by atoms with Crippen LogP contribution in [0.5, 0.6) is 5.75 Å². The van der Waals surface area contributed by atoms with Gasteiger partial charge in [-0.25, -0.2) is 4.98 Å². The predicted octanol–water partition coefficient (Wildman–Crippen LogP) is 8.75. The molecule has 0 bridgehead atoms. The van der Waals surface area contributed by atoms with Crippen LogP contribution >= 0.6 is 0 Å². The van der Waals surface area contributed by atoms with E-state index in [1.807, 2.05) is 6.20 Å². The summed E-state index contributed by atoms with van der Waals surface area (Å²) in [5.41, 5.74) is 11.0. The summed E-state index contributed by atoms with van der Waals surface area (Å²) in [5, 5.41) is 0. The maximum atomic E-state index is 6.43. The van der Waals surface area contributed by atoms with Crippen molar-refractivity contribution in [1.82, 2.24) is 14.9 Å². The number of nitrogens with one attached hydrogen (secondary N) is 1. The third-order valence-corrected chi connectivity index (χ3v) is 9.81. The lowest BCUT2D eigenvalue weighted by Gasteiger charge is -2.36. The Morgan fingerprint density at radius 2 is 1.79 bits per heavy atom. The summed E-state index contributed by atoms with van der Waals surface area (Å²) >= 11 is 0. The van der Waals surface area contributed by atoms with Crippen molar-refractivity contribution in [1.29, 1.82) is 0 Å². The molecular weight excluding hydrogens is 528 g/mol. The summed E-state index contributed by atoms with van der Waals surface area (Å²) in [4.78, 5) is 15.3. The molecular formula is C38H48N4O. The Labute approximate surface area is 258 Å². The van der Waals surface area contributed by atoms with Crippen LogP contribution < -0.4 is 4.74 Å². The molecule has 2 aliphatic heterocycles. The van der Waals surface area contributed by atoms with E-state index in [1.54, 1.807) is 17.3 Å². The summed E-state index contributed by atoms with van der Waals surface area (Å²) < 4.78 is 6.43. The van der Waals surface area contributed by atoms with Crippen molar-refractivity contribution < 1.29 is 4.74 Å². The van der Waals surface area contributed by atoms with Gasteiger partial charge in [0.05, 0.1) is 12.3 Å². The SMILES string of the molecule is CC1C=C(CN(C)C)N=C(CC2CCOc3ccc(-c4ccc(-c5ncc[nH]5)cc4)cc3CC2C)C2=C1CCC(C)(C)C2. The van der Waals surface area contributed by atoms with E-state index in [-0.39, 0.29) is 0 Å². The first-order valence-electron chi connectivity index (χ1n) is 16.2. The number of hydrogen-bond donors (Lipinski definition) is 1. The Hall–Kier alpha value is -3.44. The normalized spacial score (nSPS) is 23.7. The fourth-order valence-corrected chi connectivity index (χ4v) is 7.32. The second kappa shape index (κ2) is 12.3. The first kappa shape index (κ1) is 29.6. The Bertz CT molecular complexity index is 1520. The van der Waals surface area contributed by atoms with Crippen LogP contribution in [-0.4, -0.2) is 47.8 Å². The average molecular weight is 577 g/mol. The number of nitrogens with zero attached hydrogens (tertiary/aromatic N) is 3. The van der Waals surface area contributed by atoms with Crippen molar-refractivity contribution >= 4 is 5.71 Å². The number of benzene rings is 2. The second-order valence-corrected chi connectivity index (χ2v) is 14.2. The third-order valence-electron chi connectivity index (χ3n) is 9.81. The zero-order valence-corrected chi connectivity index (χ0v) is 26.9. The van der Waals surface area contributed by atoms with Crippen LogP contribution in [0.25, 0.3) is 22.5 Å². The van der Waals surface area contributed by atoms with Crippen molar-refractivity contribution in [2.24, 2.45) is 28.2 Å². The molecule has 0 amide bonds. The van der Waals surface area contributed by atoms with Crippen molar-refractivity contribution in [3.05, 3.63) is 83.3 Å². The first-order valence-corrected chi connectivity index (χ1v) is 16.2. The highest BCUT2D eigenvalue weighted by Crippen LogP contribution is 2.45. The van der Waals surface area contributed by atoms with Crippen LogP contribution in [0.3, 0.4) is 0 Å². The topological polar surface area (TPSA) is 53.5 Å². The molecule has 0 saturated heterocycles. The van der Waals surface area contributed by atoms with Gasteiger partial charge in [-0.3, -0.25) is 4.99 Å². The molecule has 226 valence electrons. The van der Waals surface area contributed by atoms with Crippen molar-refractivity contribution in [2.45, 2.75) is 66.2 Å². The van der Waals surface area contributed by atoms with Gasteiger partial charge in [-0.2, -0.15) is 0 Å². The lowest BCUT2D eigenvalue weighted by molar-refractivity contribution is 0.226. The highest BCUT2D eigenvalue weighted by molar-refractivity contribution is 6.02. The molecule has 3 aliphatic rings. The van der Waals surface area contributed by atoms with Gasteiger partial charge in [0.15, 0.2) is 0 Å². The molecule has 0 spiro atoms. The van der Waals surface area contributed by atoms with Crippen LogP contribution in [0.4, 0.5) is 0 Å². The number of allylic oxidation sites excluding steroid dienone is 3. The third kappa shape index (κ3) is 6.72. The summed E-state index contributed by atoms with van der Waals surface area (Å²) in [7, 11) is 4.30. The Balaban J connectivity index is 1.25. The van der Waals surface area contributed by atoms with E-state index >= 15 is 0 Å². The molecule has 0 fully saturated rings. The number of aliphatic imine (C=N–C) groups is 1. The van der Waals surface area contributed by atoms with E-state index in [9.17, 15) is 0 Å². The highest BCUT2D eigenvalue weighted by atomic mass is 16.5. The summed E-state index contributed by atoms with van der Waals surface area (Å²) in [6.07, 6.45) is 12.8. The number of fused-ring (bicyclic) bond motifs is 1. The van der Waals surface area contributed by atoms with Gasteiger partial charge in [0, 0.05) is 30.2 Å². The molecule has 5 heteroatoms. The van der Waals surface area contributed by atoms with E-state index in [1.165, 1.54) is 40.9 Å². The Morgan fingerprint density at radius 3 is 2.53 bits per heavy atom. The molecule has 3 heterocycles.